The largest absolute Gasteiger partial charge is 0.393 e. The van der Waals surface area contributed by atoms with E-state index in [-0.39, 0.29) is 0 Å². The minimum absolute atomic E-state index is 0.449. The molecule has 3 N–H and O–H groups in total. The van der Waals surface area contributed by atoms with Gasteiger partial charge in [0.05, 0.1) is 0 Å². The summed E-state index contributed by atoms with van der Waals surface area (Å²) in [5.74, 6) is 1.43. The first-order valence-corrected chi connectivity index (χ1v) is 7.92. The van der Waals surface area contributed by atoms with Gasteiger partial charge in [-0.05, 0) is 44.4 Å². The molecule has 6 heteroatoms. The van der Waals surface area contributed by atoms with Crippen molar-refractivity contribution in [1.82, 2.24) is 9.97 Å². The number of nitrogens with two attached hydrogens (primary N) is 1. The highest BCUT2D eigenvalue weighted by Gasteiger charge is 2.23. The summed E-state index contributed by atoms with van der Waals surface area (Å²) in [6.07, 6.45) is 5.15. The van der Waals surface area contributed by atoms with E-state index >= 15 is 0 Å². The van der Waals surface area contributed by atoms with Crippen molar-refractivity contribution < 1.29 is 0 Å². The lowest BCUT2D eigenvalue weighted by Crippen LogP contribution is -2.38. The molecule has 1 aromatic carbocycles. The molecule has 116 valence electrons. The fourth-order valence-electron chi connectivity index (χ4n) is 2.83. The van der Waals surface area contributed by atoms with Gasteiger partial charge in [-0.2, -0.15) is 0 Å². The van der Waals surface area contributed by atoms with Crippen LogP contribution in [-0.2, 0) is 0 Å². The van der Waals surface area contributed by atoms with E-state index in [1.165, 1.54) is 19.3 Å². The van der Waals surface area contributed by atoms with E-state index in [0.717, 1.165) is 18.1 Å². The maximum absolute atomic E-state index is 6.30. The fourth-order valence-corrected chi connectivity index (χ4v) is 3.02. The van der Waals surface area contributed by atoms with Crippen LogP contribution in [0, 0.1) is 0 Å². The molecule has 1 fully saturated rings. The first-order valence-electron chi connectivity index (χ1n) is 7.55. The summed E-state index contributed by atoms with van der Waals surface area (Å²) in [5, 5.41) is 3.89. The highest BCUT2D eigenvalue weighted by Crippen LogP contribution is 2.32. The molecule has 0 radical (unpaired) electrons. The molecule has 0 spiro atoms. The number of nitrogens with zero attached hydrogens (tertiary/aromatic N) is 3. The second-order valence-electron chi connectivity index (χ2n) is 5.63. The second-order valence-corrected chi connectivity index (χ2v) is 6.07. The molecular formula is C16H20ClN5. The van der Waals surface area contributed by atoms with E-state index in [1.54, 1.807) is 6.33 Å². The van der Waals surface area contributed by atoms with Crippen LogP contribution in [0.2, 0.25) is 5.02 Å². The molecule has 0 bridgehead atoms. The molecule has 0 saturated carbocycles. The predicted octanol–water partition coefficient (Wildman–Crippen LogP) is 3.83. The van der Waals surface area contributed by atoms with Crippen LogP contribution in [0.15, 0.2) is 30.6 Å². The molecule has 22 heavy (non-hydrogen) atoms. The normalized spacial score (nSPS) is 18.3. The molecule has 1 aliphatic heterocycles. The Morgan fingerprint density at radius 2 is 2.18 bits per heavy atom. The van der Waals surface area contributed by atoms with Crippen molar-refractivity contribution in [1.29, 1.82) is 0 Å². The lowest BCUT2D eigenvalue weighted by molar-refractivity contribution is 0.481. The van der Waals surface area contributed by atoms with Crippen molar-refractivity contribution >= 4 is 34.6 Å². The SMILES string of the molecule is CC1CCCCN1c1ncnc(Nc2cccc(Cl)c2)c1N. The van der Waals surface area contributed by atoms with Crippen LogP contribution < -0.4 is 16.0 Å². The van der Waals surface area contributed by atoms with Crippen molar-refractivity contribution in [2.24, 2.45) is 0 Å². The average Bonchev–Trinajstić information content (AvgIpc) is 2.50. The summed E-state index contributed by atoms with van der Waals surface area (Å²) < 4.78 is 0. The van der Waals surface area contributed by atoms with Gasteiger partial charge in [-0.3, -0.25) is 0 Å². The van der Waals surface area contributed by atoms with Gasteiger partial charge in [-0.1, -0.05) is 17.7 Å². The smallest absolute Gasteiger partial charge is 0.159 e. The predicted molar refractivity (Wildman–Crippen MR) is 91.8 cm³/mol. The van der Waals surface area contributed by atoms with Gasteiger partial charge in [-0.25, -0.2) is 9.97 Å². The van der Waals surface area contributed by atoms with E-state index in [0.29, 0.717) is 22.6 Å². The number of hydrogen-bond acceptors (Lipinski definition) is 5. The number of piperidine rings is 1. The van der Waals surface area contributed by atoms with Crippen molar-refractivity contribution in [2.75, 3.05) is 22.5 Å². The third-order valence-electron chi connectivity index (χ3n) is 4.03. The Labute approximate surface area is 135 Å². The number of aromatic nitrogens is 2. The van der Waals surface area contributed by atoms with E-state index in [1.807, 2.05) is 24.3 Å². The monoisotopic (exact) mass is 317 g/mol. The molecule has 1 aliphatic rings. The van der Waals surface area contributed by atoms with Crippen LogP contribution in [0.25, 0.3) is 0 Å². The van der Waals surface area contributed by atoms with E-state index in [9.17, 15) is 0 Å². The van der Waals surface area contributed by atoms with Gasteiger partial charge in [0, 0.05) is 23.3 Å². The zero-order valence-electron chi connectivity index (χ0n) is 12.6. The molecule has 2 aromatic rings. The summed E-state index contributed by atoms with van der Waals surface area (Å²) in [6, 6.07) is 7.93. The summed E-state index contributed by atoms with van der Waals surface area (Å²) in [6.45, 7) is 3.20. The molecule has 1 aromatic heterocycles. The highest BCUT2D eigenvalue weighted by atomic mass is 35.5. The summed E-state index contributed by atoms with van der Waals surface area (Å²) in [4.78, 5) is 10.9. The molecular weight excluding hydrogens is 298 g/mol. The van der Waals surface area contributed by atoms with Crippen LogP contribution in [0.3, 0.4) is 0 Å². The lowest BCUT2D eigenvalue weighted by atomic mass is 10.0. The van der Waals surface area contributed by atoms with Gasteiger partial charge in [0.15, 0.2) is 11.6 Å². The Kier molecular flexibility index (Phi) is 4.34. The van der Waals surface area contributed by atoms with Crippen molar-refractivity contribution in [3.05, 3.63) is 35.6 Å². The number of nitrogens with one attached hydrogen (secondary N) is 1. The Hall–Kier alpha value is -2.01. The summed E-state index contributed by atoms with van der Waals surface area (Å²) in [5.41, 5.74) is 7.74. The molecule has 3 rings (SSSR count). The average molecular weight is 318 g/mol. The summed E-state index contributed by atoms with van der Waals surface area (Å²) >= 11 is 6.01. The van der Waals surface area contributed by atoms with Crippen molar-refractivity contribution in [3.8, 4) is 0 Å². The minimum Gasteiger partial charge on any atom is -0.393 e. The third-order valence-corrected chi connectivity index (χ3v) is 4.26. The Morgan fingerprint density at radius 1 is 1.32 bits per heavy atom. The van der Waals surface area contributed by atoms with Crippen LogP contribution in [0.5, 0.6) is 0 Å². The third kappa shape index (κ3) is 3.09. The Bertz CT molecular complexity index is 661. The minimum atomic E-state index is 0.449. The zero-order valence-corrected chi connectivity index (χ0v) is 13.3. The quantitative estimate of drug-likeness (QED) is 0.900. The number of halogens is 1. The van der Waals surface area contributed by atoms with Crippen LogP contribution in [-0.4, -0.2) is 22.6 Å². The molecule has 2 heterocycles. The first-order chi connectivity index (χ1) is 10.6. The van der Waals surface area contributed by atoms with E-state index in [2.05, 4.69) is 27.1 Å². The Balaban J connectivity index is 1.88. The summed E-state index contributed by atoms with van der Waals surface area (Å²) in [7, 11) is 0. The maximum atomic E-state index is 6.30. The van der Waals surface area contributed by atoms with Gasteiger partial charge in [0.25, 0.3) is 0 Å². The van der Waals surface area contributed by atoms with E-state index < -0.39 is 0 Å². The molecule has 1 saturated heterocycles. The Morgan fingerprint density at radius 3 is 2.95 bits per heavy atom. The molecule has 0 amide bonds. The maximum Gasteiger partial charge on any atom is 0.159 e. The zero-order chi connectivity index (χ0) is 15.5. The van der Waals surface area contributed by atoms with E-state index in [4.69, 9.17) is 17.3 Å². The van der Waals surface area contributed by atoms with Gasteiger partial charge in [0.1, 0.15) is 12.0 Å². The van der Waals surface area contributed by atoms with Crippen LogP contribution in [0.1, 0.15) is 26.2 Å². The highest BCUT2D eigenvalue weighted by molar-refractivity contribution is 6.30. The lowest BCUT2D eigenvalue weighted by Gasteiger charge is -2.35. The molecule has 1 atom stereocenters. The fraction of sp³-hybridized carbons (Fsp3) is 0.375. The van der Waals surface area contributed by atoms with Crippen molar-refractivity contribution in [3.63, 3.8) is 0 Å². The number of anilines is 4. The van der Waals surface area contributed by atoms with Crippen LogP contribution >= 0.6 is 11.6 Å². The number of rotatable bonds is 3. The number of benzene rings is 1. The number of hydrogen-bond donors (Lipinski definition) is 2. The topological polar surface area (TPSA) is 67.1 Å². The van der Waals surface area contributed by atoms with Gasteiger partial charge < -0.3 is 16.0 Å². The van der Waals surface area contributed by atoms with Crippen molar-refractivity contribution in [2.45, 2.75) is 32.2 Å². The first kappa shape index (κ1) is 14.9. The molecule has 1 unspecified atom stereocenters. The molecule has 0 aliphatic carbocycles. The van der Waals surface area contributed by atoms with Gasteiger partial charge in [-0.15, -0.1) is 0 Å². The van der Waals surface area contributed by atoms with Crippen LogP contribution in [0.4, 0.5) is 23.0 Å². The second kappa shape index (κ2) is 6.40. The molecule has 5 nitrogen and oxygen atoms in total. The standard InChI is InChI=1S/C16H20ClN5/c1-11-5-2-3-8-22(11)16-14(18)15(19-10-20-16)21-13-7-4-6-12(17)9-13/h4,6-7,9-11H,2-3,5,8,18H2,1H3,(H,19,20,21). The van der Waals surface area contributed by atoms with Gasteiger partial charge in [0.2, 0.25) is 0 Å². The van der Waals surface area contributed by atoms with Gasteiger partial charge >= 0.3 is 0 Å². The number of nitrogen functional groups attached to an aromatic ring is 1.